The smallest absolute Gasteiger partial charge is 0.326 e. The number of aliphatic carboxylic acids is 1. The highest BCUT2D eigenvalue weighted by atomic mass is 16.4. The van der Waals surface area contributed by atoms with E-state index in [0.29, 0.717) is 11.5 Å². The number of nitrogens with one attached hydrogen (secondary N) is 1. The summed E-state index contributed by atoms with van der Waals surface area (Å²) in [5, 5.41) is 11.5. The molecule has 0 aromatic carbocycles. The van der Waals surface area contributed by atoms with Crippen molar-refractivity contribution in [1.29, 1.82) is 0 Å². The van der Waals surface area contributed by atoms with Crippen molar-refractivity contribution in [3.63, 3.8) is 0 Å². The predicted octanol–water partition coefficient (Wildman–Crippen LogP) is 1.33. The van der Waals surface area contributed by atoms with Gasteiger partial charge in [-0.1, -0.05) is 20.8 Å². The summed E-state index contributed by atoms with van der Waals surface area (Å²) in [5.74, 6) is -1.32. The molecule has 4 N–H and O–H groups in total. The fourth-order valence-corrected chi connectivity index (χ4v) is 1.86. The van der Waals surface area contributed by atoms with Gasteiger partial charge in [0.1, 0.15) is 17.6 Å². The summed E-state index contributed by atoms with van der Waals surface area (Å²) in [6.07, 6.45) is -0.172. The van der Waals surface area contributed by atoms with Gasteiger partial charge in [0.05, 0.1) is 5.56 Å². The Balaban J connectivity index is 2.88. The van der Waals surface area contributed by atoms with Gasteiger partial charge in [0.15, 0.2) is 0 Å². The molecule has 1 atom stereocenters. The second-order valence-corrected chi connectivity index (χ2v) is 6.20. The minimum atomic E-state index is -1.22. The van der Waals surface area contributed by atoms with Crippen LogP contribution in [-0.4, -0.2) is 28.9 Å². The highest BCUT2D eigenvalue weighted by Gasteiger charge is 2.26. The summed E-state index contributed by atoms with van der Waals surface area (Å²) in [7, 11) is 0. The van der Waals surface area contributed by atoms with Gasteiger partial charge in [0.2, 0.25) is 5.91 Å². The van der Waals surface area contributed by atoms with Crippen molar-refractivity contribution in [3.05, 3.63) is 23.2 Å². The minimum Gasteiger partial charge on any atom is -0.480 e. The Morgan fingerprint density at radius 3 is 2.36 bits per heavy atom. The maximum atomic E-state index is 12.2. The van der Waals surface area contributed by atoms with Gasteiger partial charge in [-0.2, -0.15) is 0 Å². The van der Waals surface area contributed by atoms with Gasteiger partial charge >= 0.3 is 5.97 Å². The molecule has 0 unspecified atom stereocenters. The van der Waals surface area contributed by atoms with Crippen molar-refractivity contribution < 1.29 is 23.9 Å². The maximum Gasteiger partial charge on any atom is 0.326 e. The van der Waals surface area contributed by atoms with E-state index in [-0.39, 0.29) is 23.8 Å². The van der Waals surface area contributed by atoms with Gasteiger partial charge in [-0.15, -0.1) is 0 Å². The fraction of sp³-hybridized carbons (Fsp3) is 0.533. The van der Waals surface area contributed by atoms with Crippen LogP contribution >= 0.6 is 0 Å². The lowest BCUT2D eigenvalue weighted by Gasteiger charge is -2.14. The number of nitrogens with two attached hydrogens (primary N) is 1. The minimum absolute atomic E-state index is 0.0561. The first-order valence-electron chi connectivity index (χ1n) is 6.95. The number of carbonyl (C=O) groups is 3. The zero-order valence-corrected chi connectivity index (χ0v) is 13.2. The van der Waals surface area contributed by atoms with Crippen LogP contribution in [0.5, 0.6) is 0 Å². The second-order valence-electron chi connectivity index (χ2n) is 6.20. The molecule has 0 saturated heterocycles. The molecule has 2 amide bonds. The molecule has 7 nitrogen and oxygen atoms in total. The van der Waals surface area contributed by atoms with Crippen molar-refractivity contribution in [2.45, 2.75) is 52.0 Å². The van der Waals surface area contributed by atoms with E-state index in [0.717, 1.165) is 0 Å². The van der Waals surface area contributed by atoms with Crippen LogP contribution < -0.4 is 11.1 Å². The Hall–Kier alpha value is -2.31. The number of hydrogen-bond donors (Lipinski definition) is 3. The summed E-state index contributed by atoms with van der Waals surface area (Å²) in [6.45, 7) is 7.48. The molecule has 22 heavy (non-hydrogen) atoms. The third-order valence-corrected chi connectivity index (χ3v) is 3.18. The lowest BCUT2D eigenvalue weighted by molar-refractivity contribution is -0.139. The van der Waals surface area contributed by atoms with Crippen LogP contribution in [-0.2, 0) is 15.0 Å². The molecule has 0 saturated carbocycles. The Bertz CT molecular complexity index is 583. The number of primary amides is 1. The Labute approximate surface area is 128 Å². The normalized spacial score (nSPS) is 12.7. The maximum absolute atomic E-state index is 12.2. The zero-order valence-electron chi connectivity index (χ0n) is 13.2. The topological polar surface area (TPSA) is 123 Å². The molecule has 0 spiro atoms. The summed E-state index contributed by atoms with van der Waals surface area (Å²) >= 11 is 0. The van der Waals surface area contributed by atoms with Crippen molar-refractivity contribution in [2.24, 2.45) is 5.73 Å². The van der Waals surface area contributed by atoms with Crippen molar-refractivity contribution in [3.8, 4) is 0 Å². The van der Waals surface area contributed by atoms with E-state index in [1.807, 2.05) is 20.8 Å². The summed E-state index contributed by atoms with van der Waals surface area (Å²) in [4.78, 5) is 34.1. The lowest BCUT2D eigenvalue weighted by atomic mass is 9.93. The highest BCUT2D eigenvalue weighted by Crippen LogP contribution is 2.27. The predicted molar refractivity (Wildman–Crippen MR) is 79.5 cm³/mol. The molecular formula is C15H22N2O5. The Morgan fingerprint density at radius 1 is 1.36 bits per heavy atom. The first-order valence-corrected chi connectivity index (χ1v) is 6.95. The molecule has 1 aromatic rings. The van der Waals surface area contributed by atoms with Crippen LogP contribution in [0, 0.1) is 6.92 Å². The number of furan rings is 1. The van der Waals surface area contributed by atoms with Gasteiger partial charge in [0.25, 0.3) is 5.91 Å². The summed E-state index contributed by atoms with van der Waals surface area (Å²) in [5.41, 5.74) is 5.02. The number of carboxylic acid groups (broad SMARTS) is 1. The first kappa shape index (κ1) is 17.7. The standard InChI is InChI=1S/C15H22N2O5/c1-8-9(7-11(22-8)15(2,3)4)13(19)17-10(14(20)21)5-6-12(16)18/h7,10H,5-6H2,1-4H3,(H2,16,18)(H,17,19)(H,20,21)/t10-/m0/s1. The molecule has 0 aliphatic carbocycles. The van der Waals surface area contributed by atoms with Gasteiger partial charge in [-0.05, 0) is 19.4 Å². The van der Waals surface area contributed by atoms with Crippen LogP contribution in [0.3, 0.4) is 0 Å². The molecule has 122 valence electrons. The van der Waals surface area contributed by atoms with Crippen LogP contribution in [0.1, 0.15) is 55.5 Å². The van der Waals surface area contributed by atoms with E-state index in [2.05, 4.69) is 5.32 Å². The molecule has 0 aliphatic heterocycles. The second kappa shape index (κ2) is 6.64. The van der Waals surface area contributed by atoms with E-state index in [1.165, 1.54) is 0 Å². The average molecular weight is 310 g/mol. The van der Waals surface area contributed by atoms with E-state index in [9.17, 15) is 14.4 Å². The molecule has 0 radical (unpaired) electrons. The molecule has 7 heteroatoms. The average Bonchev–Trinajstić information content (AvgIpc) is 2.75. The fourth-order valence-electron chi connectivity index (χ4n) is 1.86. The molecular weight excluding hydrogens is 288 g/mol. The van der Waals surface area contributed by atoms with Gasteiger partial charge in [-0.25, -0.2) is 4.79 Å². The van der Waals surface area contributed by atoms with Crippen LogP contribution in [0.25, 0.3) is 0 Å². The highest BCUT2D eigenvalue weighted by molar-refractivity contribution is 5.97. The summed E-state index contributed by atoms with van der Waals surface area (Å²) < 4.78 is 5.56. The van der Waals surface area contributed by atoms with Crippen LogP contribution in [0.4, 0.5) is 0 Å². The lowest BCUT2D eigenvalue weighted by Crippen LogP contribution is -2.41. The molecule has 0 aliphatic rings. The van der Waals surface area contributed by atoms with E-state index in [1.54, 1.807) is 13.0 Å². The number of carbonyl (C=O) groups excluding carboxylic acids is 2. The van der Waals surface area contributed by atoms with Crippen molar-refractivity contribution in [2.75, 3.05) is 0 Å². The van der Waals surface area contributed by atoms with Crippen LogP contribution in [0.15, 0.2) is 10.5 Å². The number of carboxylic acids is 1. The number of hydrogen-bond acceptors (Lipinski definition) is 4. The monoisotopic (exact) mass is 310 g/mol. The first-order chi connectivity index (χ1) is 10.0. The zero-order chi connectivity index (χ0) is 17.1. The van der Waals surface area contributed by atoms with Crippen molar-refractivity contribution >= 4 is 17.8 Å². The Morgan fingerprint density at radius 2 is 1.95 bits per heavy atom. The van der Waals surface area contributed by atoms with Gasteiger partial charge in [-0.3, -0.25) is 9.59 Å². The van der Waals surface area contributed by atoms with E-state index >= 15 is 0 Å². The molecule has 1 aromatic heterocycles. The third kappa shape index (κ3) is 4.61. The molecule has 1 rings (SSSR count). The SMILES string of the molecule is Cc1oc(C(C)(C)C)cc1C(=O)N[C@@H](CCC(N)=O)C(=O)O. The number of rotatable bonds is 6. The molecule has 0 fully saturated rings. The molecule has 1 heterocycles. The van der Waals surface area contributed by atoms with Gasteiger partial charge in [0, 0.05) is 11.8 Å². The third-order valence-electron chi connectivity index (χ3n) is 3.18. The summed E-state index contributed by atoms with van der Waals surface area (Å²) in [6, 6.07) is 0.435. The van der Waals surface area contributed by atoms with Crippen LogP contribution in [0.2, 0.25) is 0 Å². The van der Waals surface area contributed by atoms with E-state index in [4.69, 9.17) is 15.3 Å². The van der Waals surface area contributed by atoms with Crippen molar-refractivity contribution in [1.82, 2.24) is 5.32 Å². The number of aryl methyl sites for hydroxylation is 1. The quantitative estimate of drug-likeness (QED) is 0.731. The molecule has 0 bridgehead atoms. The van der Waals surface area contributed by atoms with Gasteiger partial charge < -0.3 is 20.6 Å². The number of amides is 2. The Kier molecular flexibility index (Phi) is 5.35. The largest absolute Gasteiger partial charge is 0.480 e. The van der Waals surface area contributed by atoms with E-state index < -0.39 is 23.8 Å².